The molecule has 1 saturated heterocycles. The fourth-order valence-corrected chi connectivity index (χ4v) is 3.07. The van der Waals surface area contributed by atoms with E-state index in [-0.39, 0.29) is 24.2 Å². The van der Waals surface area contributed by atoms with Crippen LogP contribution in [0.3, 0.4) is 0 Å². The minimum Gasteiger partial charge on any atom is -0.463 e. The van der Waals surface area contributed by atoms with Gasteiger partial charge in [-0.25, -0.2) is 4.79 Å². The molecule has 1 aromatic rings. The van der Waals surface area contributed by atoms with E-state index in [0.717, 1.165) is 0 Å². The van der Waals surface area contributed by atoms with E-state index in [0.29, 0.717) is 10.7 Å². The van der Waals surface area contributed by atoms with Crippen molar-refractivity contribution >= 4 is 35.2 Å². The largest absolute Gasteiger partial charge is 0.463 e. The molecule has 7 heteroatoms. The lowest BCUT2D eigenvalue weighted by Crippen LogP contribution is -2.42. The topological polar surface area (TPSA) is 75.7 Å². The quantitative estimate of drug-likeness (QED) is 0.658. The van der Waals surface area contributed by atoms with Gasteiger partial charge in [0.1, 0.15) is 6.04 Å². The van der Waals surface area contributed by atoms with Crippen molar-refractivity contribution in [3.63, 3.8) is 0 Å². The third kappa shape index (κ3) is 4.35. The van der Waals surface area contributed by atoms with Gasteiger partial charge in [0, 0.05) is 5.69 Å². The van der Waals surface area contributed by atoms with Gasteiger partial charge in [0.15, 0.2) is 0 Å². The number of anilines is 1. The average molecular weight is 334 g/mol. The lowest BCUT2D eigenvalue weighted by Gasteiger charge is -2.24. The highest BCUT2D eigenvalue weighted by molar-refractivity contribution is 8.04. The van der Waals surface area contributed by atoms with Crippen molar-refractivity contribution in [1.82, 2.24) is 4.90 Å². The van der Waals surface area contributed by atoms with Gasteiger partial charge in [0.05, 0.1) is 23.5 Å². The molecule has 2 amide bonds. The molecule has 1 aliphatic heterocycles. The van der Waals surface area contributed by atoms with Crippen LogP contribution in [-0.2, 0) is 19.1 Å². The van der Waals surface area contributed by atoms with Crippen LogP contribution in [0, 0.1) is 0 Å². The molecule has 0 radical (unpaired) electrons. The molecule has 6 nitrogen and oxygen atoms in total. The minimum absolute atomic E-state index is 0.203. The monoisotopic (exact) mass is 334 g/mol. The van der Waals surface area contributed by atoms with Crippen molar-refractivity contribution in [2.75, 3.05) is 17.7 Å². The van der Waals surface area contributed by atoms with E-state index < -0.39 is 12.0 Å². The van der Waals surface area contributed by atoms with Gasteiger partial charge >= 0.3 is 5.97 Å². The number of benzene rings is 1. The van der Waals surface area contributed by atoms with E-state index >= 15 is 0 Å². The number of nitrogens with zero attached hydrogens (tertiary/aromatic N) is 1. The van der Waals surface area contributed by atoms with Crippen molar-refractivity contribution in [3.8, 4) is 0 Å². The molecule has 1 fully saturated rings. The number of carbonyl (C=O) groups is 3. The van der Waals surface area contributed by atoms with E-state index in [9.17, 15) is 14.4 Å². The summed E-state index contributed by atoms with van der Waals surface area (Å²) in [7, 11) is 0. The first kappa shape index (κ1) is 17.1. The summed E-state index contributed by atoms with van der Waals surface area (Å²) in [6.45, 7) is 3.59. The van der Waals surface area contributed by atoms with Crippen LogP contribution in [0.2, 0.25) is 0 Å². The van der Waals surface area contributed by atoms with Crippen molar-refractivity contribution in [1.29, 1.82) is 0 Å². The van der Waals surface area contributed by atoms with Crippen LogP contribution in [0.5, 0.6) is 0 Å². The molecule has 0 aromatic heterocycles. The van der Waals surface area contributed by atoms with Gasteiger partial charge in [-0.15, -0.1) is 0 Å². The standard InChI is InChI=1S/C16H18N2O4S/c1-3-22-15(20)9-14-18(13(19)10-23-14)11(2)16(21)17-12-7-5-4-6-8-12/h4-9,11H,3,10H2,1-2H3,(H,17,21)/b14-9-/t11-/m1/s1. The summed E-state index contributed by atoms with van der Waals surface area (Å²) < 4.78 is 4.86. The number of amides is 2. The van der Waals surface area contributed by atoms with Crippen LogP contribution < -0.4 is 5.32 Å². The van der Waals surface area contributed by atoms with Gasteiger partial charge in [-0.3, -0.25) is 14.5 Å². The van der Waals surface area contributed by atoms with Crippen LogP contribution in [-0.4, -0.2) is 41.1 Å². The molecule has 0 saturated carbocycles. The summed E-state index contributed by atoms with van der Waals surface area (Å²) in [5.41, 5.74) is 0.652. The zero-order valence-corrected chi connectivity index (χ0v) is 13.8. The highest BCUT2D eigenvalue weighted by Crippen LogP contribution is 2.31. The molecule has 122 valence electrons. The first-order chi connectivity index (χ1) is 11.0. The molecule has 0 unspecified atom stereocenters. The molecule has 1 aliphatic rings. The van der Waals surface area contributed by atoms with E-state index in [2.05, 4.69) is 5.32 Å². The summed E-state index contributed by atoms with van der Waals surface area (Å²) in [5, 5.41) is 3.19. The Kier molecular flexibility index (Phi) is 5.81. The van der Waals surface area contributed by atoms with Crippen molar-refractivity contribution in [3.05, 3.63) is 41.4 Å². The maximum absolute atomic E-state index is 12.3. The highest BCUT2D eigenvalue weighted by atomic mass is 32.2. The van der Waals surface area contributed by atoms with Crippen LogP contribution in [0.15, 0.2) is 41.4 Å². The van der Waals surface area contributed by atoms with Crippen LogP contribution in [0.25, 0.3) is 0 Å². The van der Waals surface area contributed by atoms with Gasteiger partial charge in [-0.2, -0.15) is 0 Å². The summed E-state index contributed by atoms with van der Waals surface area (Å²) in [6.07, 6.45) is 1.26. The smallest absolute Gasteiger partial charge is 0.333 e. The predicted molar refractivity (Wildman–Crippen MR) is 88.6 cm³/mol. The molecule has 0 bridgehead atoms. The molecular formula is C16H18N2O4S. The zero-order valence-electron chi connectivity index (χ0n) is 12.9. The minimum atomic E-state index is -0.724. The summed E-state index contributed by atoms with van der Waals surface area (Å²) in [4.78, 5) is 37.3. The number of hydrogen-bond acceptors (Lipinski definition) is 5. The SMILES string of the molecule is CCOC(=O)/C=C1\SCC(=O)N1[C@H](C)C(=O)Nc1ccccc1. The molecule has 23 heavy (non-hydrogen) atoms. The first-order valence-corrected chi connectivity index (χ1v) is 8.20. The maximum Gasteiger partial charge on any atom is 0.333 e. The predicted octanol–water partition coefficient (Wildman–Crippen LogP) is 1.99. The van der Waals surface area contributed by atoms with E-state index in [1.807, 2.05) is 18.2 Å². The molecule has 1 atom stereocenters. The number of rotatable bonds is 5. The van der Waals surface area contributed by atoms with Crippen LogP contribution >= 0.6 is 11.8 Å². The van der Waals surface area contributed by atoms with Crippen molar-refractivity contribution < 1.29 is 19.1 Å². The Bertz CT molecular complexity index is 630. The Morgan fingerprint density at radius 3 is 2.74 bits per heavy atom. The van der Waals surface area contributed by atoms with Gasteiger partial charge in [0.25, 0.3) is 0 Å². The second-order valence-electron chi connectivity index (χ2n) is 4.82. The van der Waals surface area contributed by atoms with Crippen LogP contribution in [0.1, 0.15) is 13.8 Å². The third-order valence-electron chi connectivity index (χ3n) is 3.19. The normalized spacial score (nSPS) is 17.2. The number of hydrogen-bond donors (Lipinski definition) is 1. The van der Waals surface area contributed by atoms with E-state index in [1.54, 1.807) is 26.0 Å². The zero-order chi connectivity index (χ0) is 16.8. The van der Waals surface area contributed by atoms with Gasteiger partial charge in [0.2, 0.25) is 11.8 Å². The Hall–Kier alpha value is -2.28. The van der Waals surface area contributed by atoms with Crippen molar-refractivity contribution in [2.45, 2.75) is 19.9 Å². The Morgan fingerprint density at radius 2 is 2.09 bits per heavy atom. The molecular weight excluding hydrogens is 316 g/mol. The first-order valence-electron chi connectivity index (χ1n) is 7.22. The summed E-state index contributed by atoms with van der Waals surface area (Å²) in [6, 6.07) is 8.27. The molecule has 0 aliphatic carbocycles. The highest BCUT2D eigenvalue weighted by Gasteiger charge is 2.34. The van der Waals surface area contributed by atoms with Crippen LogP contribution in [0.4, 0.5) is 5.69 Å². The lowest BCUT2D eigenvalue weighted by atomic mass is 10.2. The fraction of sp³-hybridized carbons (Fsp3) is 0.312. The molecule has 2 rings (SSSR count). The van der Waals surface area contributed by atoms with Crippen molar-refractivity contribution in [2.24, 2.45) is 0 Å². The Morgan fingerprint density at radius 1 is 1.39 bits per heavy atom. The number of nitrogens with one attached hydrogen (secondary N) is 1. The molecule has 1 N–H and O–H groups in total. The number of thioether (sulfide) groups is 1. The maximum atomic E-state index is 12.3. The molecule has 0 spiro atoms. The van der Waals surface area contributed by atoms with Gasteiger partial charge in [-0.1, -0.05) is 30.0 Å². The second-order valence-corrected chi connectivity index (χ2v) is 5.81. The second kappa shape index (κ2) is 7.82. The number of esters is 1. The number of para-hydroxylation sites is 1. The molecule has 1 heterocycles. The van der Waals surface area contributed by atoms with Gasteiger partial charge < -0.3 is 10.1 Å². The average Bonchev–Trinajstić information content (AvgIpc) is 2.88. The molecule has 1 aromatic carbocycles. The summed E-state index contributed by atoms with van der Waals surface area (Å²) >= 11 is 1.22. The summed E-state index contributed by atoms with van der Waals surface area (Å²) in [5.74, 6) is -0.845. The third-order valence-corrected chi connectivity index (χ3v) is 4.19. The Balaban J connectivity index is 2.11. The number of carbonyl (C=O) groups excluding carboxylic acids is 3. The Labute approximate surface area is 138 Å². The van der Waals surface area contributed by atoms with E-state index in [1.165, 1.54) is 22.7 Å². The van der Waals surface area contributed by atoms with Gasteiger partial charge in [-0.05, 0) is 26.0 Å². The number of ether oxygens (including phenoxy) is 1. The van der Waals surface area contributed by atoms with E-state index in [4.69, 9.17) is 4.74 Å². The lowest BCUT2D eigenvalue weighted by molar-refractivity contribution is -0.137. The fourth-order valence-electron chi connectivity index (χ4n) is 2.09.